The largest absolute Gasteiger partial charge is 0.457 e. The molecule has 2 aromatic rings. The van der Waals surface area contributed by atoms with Crippen molar-refractivity contribution in [2.75, 3.05) is 7.05 Å². The predicted molar refractivity (Wildman–Crippen MR) is 83.5 cm³/mol. The van der Waals surface area contributed by atoms with Crippen LogP contribution in [0.1, 0.15) is 5.76 Å². The van der Waals surface area contributed by atoms with Gasteiger partial charge in [0.2, 0.25) is 0 Å². The number of halogens is 1. The zero-order valence-electron chi connectivity index (χ0n) is 11.9. The first-order valence-electron chi connectivity index (χ1n) is 6.34. The highest BCUT2D eigenvalue weighted by Gasteiger charge is 2.15. The molecule has 0 aliphatic rings. The molecule has 1 aromatic heterocycles. The van der Waals surface area contributed by atoms with Crippen LogP contribution in [-0.2, 0) is 4.79 Å². The van der Waals surface area contributed by atoms with Crippen LogP contribution in [0.3, 0.4) is 0 Å². The second-order valence-corrected chi connectivity index (χ2v) is 4.78. The number of nitriles is 1. The maximum absolute atomic E-state index is 11.4. The molecule has 1 heterocycles. The Hall–Kier alpha value is -3.11. The number of amides is 1. The van der Waals surface area contributed by atoms with E-state index in [9.17, 15) is 14.9 Å². The van der Waals surface area contributed by atoms with Gasteiger partial charge in [0.1, 0.15) is 28.2 Å². The second kappa shape index (κ2) is 6.77. The van der Waals surface area contributed by atoms with Crippen molar-refractivity contribution in [2.45, 2.75) is 0 Å². The lowest BCUT2D eigenvalue weighted by Gasteiger charge is -1.99. The number of nitro groups is 1. The first-order chi connectivity index (χ1) is 11.0. The lowest BCUT2D eigenvalue weighted by Crippen LogP contribution is -2.18. The molecule has 0 saturated carbocycles. The van der Waals surface area contributed by atoms with Gasteiger partial charge in [0.05, 0.1) is 4.92 Å². The molecular formula is C15H10ClN3O4. The fraction of sp³-hybridized carbons (Fsp3) is 0.0667. The number of likely N-dealkylation sites (N-methyl/N-ethyl adjacent to an activating group) is 1. The summed E-state index contributed by atoms with van der Waals surface area (Å²) in [5, 5.41) is 22.2. The lowest BCUT2D eigenvalue weighted by atomic mass is 10.1. The quantitative estimate of drug-likeness (QED) is 0.400. The molecule has 0 aliphatic heterocycles. The van der Waals surface area contributed by atoms with E-state index in [1.54, 1.807) is 24.3 Å². The van der Waals surface area contributed by atoms with Gasteiger partial charge < -0.3 is 9.73 Å². The number of hydrogen-bond donors (Lipinski definition) is 1. The Bertz CT molecular complexity index is 849. The number of benzene rings is 1. The summed E-state index contributed by atoms with van der Waals surface area (Å²) >= 11 is 5.76. The van der Waals surface area contributed by atoms with Crippen molar-refractivity contribution in [2.24, 2.45) is 0 Å². The van der Waals surface area contributed by atoms with Gasteiger partial charge in [-0.3, -0.25) is 14.9 Å². The topological polar surface area (TPSA) is 109 Å². The van der Waals surface area contributed by atoms with Gasteiger partial charge in [0.15, 0.2) is 0 Å². The smallest absolute Gasteiger partial charge is 0.288 e. The van der Waals surface area contributed by atoms with E-state index in [4.69, 9.17) is 21.3 Å². The summed E-state index contributed by atoms with van der Waals surface area (Å²) in [6.07, 6.45) is 1.28. The molecule has 23 heavy (non-hydrogen) atoms. The van der Waals surface area contributed by atoms with Crippen LogP contribution < -0.4 is 5.32 Å². The summed E-state index contributed by atoms with van der Waals surface area (Å²) in [5.74, 6) is 0.0931. The number of nitrogens with zero attached hydrogens (tertiary/aromatic N) is 2. The monoisotopic (exact) mass is 331 g/mol. The maximum atomic E-state index is 11.4. The van der Waals surface area contributed by atoms with Crippen LogP contribution in [0.15, 0.2) is 40.3 Å². The summed E-state index contributed by atoms with van der Waals surface area (Å²) in [4.78, 5) is 21.8. The van der Waals surface area contributed by atoms with Crippen molar-refractivity contribution in [3.8, 4) is 17.4 Å². The highest BCUT2D eigenvalue weighted by molar-refractivity contribution is 6.32. The van der Waals surface area contributed by atoms with Crippen molar-refractivity contribution in [1.82, 2.24) is 5.32 Å². The molecule has 116 valence electrons. The van der Waals surface area contributed by atoms with E-state index < -0.39 is 10.8 Å². The minimum absolute atomic E-state index is 0.0248. The van der Waals surface area contributed by atoms with Gasteiger partial charge in [-0.15, -0.1) is 0 Å². The molecule has 1 aromatic carbocycles. The van der Waals surface area contributed by atoms with Gasteiger partial charge in [0, 0.05) is 24.8 Å². The number of furan rings is 1. The Balaban J connectivity index is 2.39. The van der Waals surface area contributed by atoms with Gasteiger partial charge in [0.25, 0.3) is 11.6 Å². The van der Waals surface area contributed by atoms with E-state index in [0.29, 0.717) is 11.3 Å². The minimum Gasteiger partial charge on any atom is -0.457 e. The van der Waals surface area contributed by atoms with E-state index in [-0.39, 0.29) is 22.0 Å². The van der Waals surface area contributed by atoms with Crippen LogP contribution in [0.2, 0.25) is 5.02 Å². The van der Waals surface area contributed by atoms with Crippen molar-refractivity contribution in [3.05, 3.63) is 56.8 Å². The average molecular weight is 332 g/mol. The van der Waals surface area contributed by atoms with Crippen molar-refractivity contribution in [1.29, 1.82) is 5.26 Å². The first-order valence-corrected chi connectivity index (χ1v) is 6.72. The van der Waals surface area contributed by atoms with Crippen LogP contribution in [0.4, 0.5) is 5.69 Å². The minimum atomic E-state index is -0.588. The molecule has 8 heteroatoms. The Morgan fingerprint density at radius 2 is 2.17 bits per heavy atom. The summed E-state index contributed by atoms with van der Waals surface area (Å²) in [5.41, 5.74) is 0.107. The van der Waals surface area contributed by atoms with E-state index in [1.807, 2.05) is 0 Å². The molecular weight excluding hydrogens is 322 g/mol. The molecule has 1 amide bonds. The standard InChI is InChI=1S/C15H10ClN3O4/c1-18-15(20)10(8-17)6-11-3-5-14(23-11)9-2-4-12(16)13(7-9)19(21)22/h2-7H,1H3,(H,18,20)/b10-6+. The van der Waals surface area contributed by atoms with Crippen LogP contribution in [0.5, 0.6) is 0 Å². The number of nitro benzene ring substituents is 1. The molecule has 1 N–H and O–H groups in total. The molecule has 0 spiro atoms. The number of rotatable bonds is 4. The average Bonchev–Trinajstić information content (AvgIpc) is 3.00. The number of nitrogens with one attached hydrogen (secondary N) is 1. The van der Waals surface area contributed by atoms with E-state index in [0.717, 1.165) is 0 Å². The summed E-state index contributed by atoms with van der Waals surface area (Å²) in [6.45, 7) is 0. The third-order valence-corrected chi connectivity index (χ3v) is 3.25. The van der Waals surface area contributed by atoms with Crippen LogP contribution >= 0.6 is 11.6 Å². The molecule has 0 fully saturated rings. The highest BCUT2D eigenvalue weighted by atomic mass is 35.5. The molecule has 0 radical (unpaired) electrons. The molecule has 0 atom stereocenters. The maximum Gasteiger partial charge on any atom is 0.288 e. The normalized spacial score (nSPS) is 10.9. The van der Waals surface area contributed by atoms with Crippen molar-refractivity contribution in [3.63, 3.8) is 0 Å². The van der Waals surface area contributed by atoms with Gasteiger partial charge in [-0.25, -0.2) is 0 Å². The second-order valence-electron chi connectivity index (χ2n) is 4.37. The van der Waals surface area contributed by atoms with Crippen LogP contribution in [0, 0.1) is 21.4 Å². The molecule has 0 bridgehead atoms. The lowest BCUT2D eigenvalue weighted by molar-refractivity contribution is -0.384. The van der Waals surface area contributed by atoms with Crippen LogP contribution in [-0.4, -0.2) is 17.9 Å². The Morgan fingerprint density at radius 1 is 1.43 bits per heavy atom. The highest BCUT2D eigenvalue weighted by Crippen LogP contribution is 2.31. The summed E-state index contributed by atoms with van der Waals surface area (Å²) < 4.78 is 5.50. The van der Waals surface area contributed by atoms with E-state index in [1.165, 1.54) is 25.3 Å². The SMILES string of the molecule is CNC(=O)/C(C#N)=C/c1ccc(-c2ccc(Cl)c([N+](=O)[O-])c2)o1. The van der Waals surface area contributed by atoms with Gasteiger partial charge in [-0.1, -0.05) is 11.6 Å². The molecule has 0 saturated heterocycles. The van der Waals surface area contributed by atoms with E-state index in [2.05, 4.69) is 5.32 Å². The van der Waals surface area contributed by atoms with Gasteiger partial charge >= 0.3 is 0 Å². The third-order valence-electron chi connectivity index (χ3n) is 2.93. The molecule has 7 nitrogen and oxygen atoms in total. The zero-order chi connectivity index (χ0) is 17.0. The Kier molecular flexibility index (Phi) is 4.79. The number of carbonyl (C=O) groups excluding carboxylic acids is 1. The number of carbonyl (C=O) groups is 1. The Morgan fingerprint density at radius 3 is 2.78 bits per heavy atom. The zero-order valence-corrected chi connectivity index (χ0v) is 12.6. The van der Waals surface area contributed by atoms with Gasteiger partial charge in [-0.05, 0) is 24.3 Å². The predicted octanol–water partition coefficient (Wildman–Crippen LogP) is 3.16. The summed E-state index contributed by atoms with van der Waals surface area (Å²) in [7, 11) is 1.41. The van der Waals surface area contributed by atoms with Crippen molar-refractivity contribution >= 4 is 29.3 Å². The Labute approximate surface area is 135 Å². The van der Waals surface area contributed by atoms with Crippen LogP contribution in [0.25, 0.3) is 17.4 Å². The third kappa shape index (κ3) is 3.56. The van der Waals surface area contributed by atoms with Gasteiger partial charge in [-0.2, -0.15) is 5.26 Å². The molecule has 0 aliphatic carbocycles. The fourth-order valence-electron chi connectivity index (χ4n) is 1.82. The van der Waals surface area contributed by atoms with Crippen molar-refractivity contribution < 1.29 is 14.1 Å². The first kappa shape index (κ1) is 16.3. The fourth-order valence-corrected chi connectivity index (χ4v) is 2.00. The molecule has 0 unspecified atom stereocenters. The number of hydrogen-bond acceptors (Lipinski definition) is 5. The van der Waals surface area contributed by atoms with E-state index >= 15 is 0 Å². The summed E-state index contributed by atoms with van der Waals surface area (Å²) in [6, 6.07) is 9.16. The molecule has 2 rings (SSSR count).